The Morgan fingerprint density at radius 1 is 1.00 bits per heavy atom. The SMILES string of the molecule is COc1cc(C)c(/C(O)=C2\C(=O)C(=O)N(c3ccc(OCC(C)C)cc3)C2c2cccc(O)c2)cc1C(C)C. The van der Waals surface area contributed by atoms with E-state index in [9.17, 15) is 19.8 Å². The Kier molecular flexibility index (Phi) is 8.00. The molecule has 204 valence electrons. The fourth-order valence-corrected chi connectivity index (χ4v) is 4.80. The zero-order valence-corrected chi connectivity index (χ0v) is 23.2. The number of amides is 1. The van der Waals surface area contributed by atoms with Gasteiger partial charge in [0.2, 0.25) is 0 Å². The zero-order valence-electron chi connectivity index (χ0n) is 23.2. The number of anilines is 1. The van der Waals surface area contributed by atoms with Gasteiger partial charge in [-0.15, -0.1) is 0 Å². The molecule has 3 aromatic carbocycles. The molecule has 1 saturated heterocycles. The van der Waals surface area contributed by atoms with E-state index < -0.39 is 17.7 Å². The summed E-state index contributed by atoms with van der Waals surface area (Å²) >= 11 is 0. The number of nitrogens with zero attached hydrogens (tertiary/aromatic N) is 1. The lowest BCUT2D eigenvalue weighted by molar-refractivity contribution is -0.132. The molecule has 4 rings (SSSR count). The van der Waals surface area contributed by atoms with Gasteiger partial charge in [-0.2, -0.15) is 0 Å². The lowest BCUT2D eigenvalue weighted by atomic mass is 9.91. The number of rotatable bonds is 8. The van der Waals surface area contributed by atoms with Crippen LogP contribution in [0, 0.1) is 12.8 Å². The second-order valence-corrected chi connectivity index (χ2v) is 10.5. The highest BCUT2D eigenvalue weighted by Crippen LogP contribution is 2.44. The smallest absolute Gasteiger partial charge is 0.300 e. The second-order valence-electron chi connectivity index (χ2n) is 10.5. The number of ether oxygens (including phenoxy) is 2. The van der Waals surface area contributed by atoms with E-state index in [1.165, 1.54) is 17.0 Å². The molecule has 7 heteroatoms. The number of aryl methyl sites for hydroxylation is 1. The van der Waals surface area contributed by atoms with Gasteiger partial charge in [0.05, 0.1) is 25.3 Å². The van der Waals surface area contributed by atoms with Crippen molar-refractivity contribution in [1.82, 2.24) is 0 Å². The average Bonchev–Trinajstić information content (AvgIpc) is 3.17. The summed E-state index contributed by atoms with van der Waals surface area (Å²) in [5, 5.41) is 21.9. The van der Waals surface area contributed by atoms with Crippen LogP contribution in [0.3, 0.4) is 0 Å². The number of Topliss-reactive ketones (excluding diaryl/α,β-unsaturated/α-hetero) is 1. The Hall–Kier alpha value is -4.26. The van der Waals surface area contributed by atoms with E-state index >= 15 is 0 Å². The van der Waals surface area contributed by atoms with E-state index in [0.29, 0.717) is 46.4 Å². The highest BCUT2D eigenvalue weighted by atomic mass is 16.5. The van der Waals surface area contributed by atoms with Crippen LogP contribution in [0.25, 0.3) is 5.76 Å². The van der Waals surface area contributed by atoms with Gasteiger partial charge in [0.1, 0.15) is 23.0 Å². The molecule has 1 atom stereocenters. The molecule has 3 aromatic rings. The minimum atomic E-state index is -0.955. The third-order valence-electron chi connectivity index (χ3n) is 6.78. The van der Waals surface area contributed by atoms with Crippen LogP contribution in [0.15, 0.2) is 66.2 Å². The fourth-order valence-electron chi connectivity index (χ4n) is 4.80. The molecular formula is C32H35NO6. The largest absolute Gasteiger partial charge is 0.508 e. The van der Waals surface area contributed by atoms with Crippen molar-refractivity contribution in [3.05, 3.63) is 88.5 Å². The molecule has 1 amide bonds. The van der Waals surface area contributed by atoms with Crippen molar-refractivity contribution in [1.29, 1.82) is 0 Å². The molecule has 7 nitrogen and oxygen atoms in total. The molecule has 0 radical (unpaired) electrons. The first kappa shape index (κ1) is 27.8. The molecule has 39 heavy (non-hydrogen) atoms. The third kappa shape index (κ3) is 5.48. The molecule has 0 spiro atoms. The van der Waals surface area contributed by atoms with E-state index in [4.69, 9.17) is 9.47 Å². The number of benzene rings is 3. The van der Waals surface area contributed by atoms with Crippen molar-refractivity contribution in [2.75, 3.05) is 18.6 Å². The van der Waals surface area contributed by atoms with Crippen molar-refractivity contribution in [2.45, 2.75) is 46.6 Å². The fraction of sp³-hybridized carbons (Fsp3) is 0.312. The second kappa shape index (κ2) is 11.2. The number of aromatic hydroxyl groups is 1. The predicted molar refractivity (Wildman–Crippen MR) is 151 cm³/mol. The first-order valence-electron chi connectivity index (χ1n) is 13.0. The van der Waals surface area contributed by atoms with Crippen LogP contribution >= 0.6 is 0 Å². The highest BCUT2D eigenvalue weighted by Gasteiger charge is 2.47. The molecule has 0 saturated carbocycles. The molecule has 1 fully saturated rings. The number of hydrogen-bond acceptors (Lipinski definition) is 6. The number of methoxy groups -OCH3 is 1. The number of hydrogen-bond donors (Lipinski definition) is 2. The van der Waals surface area contributed by atoms with Crippen molar-refractivity contribution in [3.63, 3.8) is 0 Å². The standard InChI is InChI=1S/C32H35NO6/c1-18(2)17-39-24-12-10-22(11-13-24)33-29(21-8-7-9-23(34)15-21)28(31(36)32(33)37)30(35)26-16-25(19(3)4)27(38-6)14-20(26)5/h7-16,18-19,29,34-35H,17H2,1-6H3/b30-28+. The Labute approximate surface area is 229 Å². The molecule has 0 bridgehead atoms. The van der Waals surface area contributed by atoms with Gasteiger partial charge in [0.15, 0.2) is 0 Å². The molecule has 0 aromatic heterocycles. The monoisotopic (exact) mass is 529 g/mol. The lowest BCUT2D eigenvalue weighted by Crippen LogP contribution is -2.29. The van der Waals surface area contributed by atoms with Gasteiger partial charge >= 0.3 is 0 Å². The van der Waals surface area contributed by atoms with E-state index in [-0.39, 0.29) is 23.0 Å². The maximum Gasteiger partial charge on any atom is 0.300 e. The minimum absolute atomic E-state index is 0.0155. The van der Waals surface area contributed by atoms with Gasteiger partial charge in [-0.05, 0) is 84.0 Å². The molecule has 2 N–H and O–H groups in total. The van der Waals surface area contributed by atoms with Gasteiger partial charge < -0.3 is 19.7 Å². The topological polar surface area (TPSA) is 96.3 Å². The summed E-state index contributed by atoms with van der Waals surface area (Å²) in [5.74, 6) is -0.0878. The van der Waals surface area contributed by atoms with Crippen LogP contribution in [-0.4, -0.2) is 35.6 Å². The molecule has 1 heterocycles. The van der Waals surface area contributed by atoms with Crippen molar-refractivity contribution < 1.29 is 29.3 Å². The van der Waals surface area contributed by atoms with Gasteiger partial charge in [-0.1, -0.05) is 39.8 Å². The predicted octanol–water partition coefficient (Wildman–Crippen LogP) is 6.49. The maximum absolute atomic E-state index is 13.5. The number of ketones is 1. The number of aliphatic hydroxyl groups is 1. The number of aliphatic hydroxyl groups excluding tert-OH is 1. The maximum atomic E-state index is 13.5. The normalized spacial score (nSPS) is 16.8. The molecule has 0 aliphatic carbocycles. The van der Waals surface area contributed by atoms with Crippen molar-refractivity contribution in [2.24, 2.45) is 5.92 Å². The Morgan fingerprint density at radius 2 is 1.69 bits per heavy atom. The summed E-state index contributed by atoms with van der Waals surface area (Å²) in [7, 11) is 1.59. The molecule has 1 aliphatic rings. The van der Waals surface area contributed by atoms with Crippen molar-refractivity contribution in [3.8, 4) is 17.2 Å². The zero-order chi connectivity index (χ0) is 28.4. The summed E-state index contributed by atoms with van der Waals surface area (Å²) in [6.45, 7) is 10.5. The van der Waals surface area contributed by atoms with Crippen LogP contribution in [-0.2, 0) is 9.59 Å². The summed E-state index contributed by atoms with van der Waals surface area (Å²) in [5.41, 5.74) is 2.92. The van der Waals surface area contributed by atoms with Gasteiger partial charge in [0.25, 0.3) is 11.7 Å². The first-order chi connectivity index (χ1) is 18.5. The number of phenolic OH excluding ortho intramolecular Hbond substituents is 1. The van der Waals surface area contributed by atoms with Gasteiger partial charge in [-0.25, -0.2) is 0 Å². The summed E-state index contributed by atoms with van der Waals surface area (Å²) in [6, 6.07) is 16.0. The number of phenols is 1. The molecular weight excluding hydrogens is 494 g/mol. The Morgan fingerprint density at radius 3 is 2.28 bits per heavy atom. The van der Waals surface area contributed by atoms with Crippen LogP contribution in [0.1, 0.15) is 61.9 Å². The first-order valence-corrected chi connectivity index (χ1v) is 13.0. The third-order valence-corrected chi connectivity index (χ3v) is 6.78. The van der Waals surface area contributed by atoms with Crippen molar-refractivity contribution >= 4 is 23.1 Å². The summed E-state index contributed by atoms with van der Waals surface area (Å²) in [4.78, 5) is 28.4. The van der Waals surface area contributed by atoms with Crippen LogP contribution < -0.4 is 14.4 Å². The summed E-state index contributed by atoms with van der Waals surface area (Å²) < 4.78 is 11.3. The Bertz CT molecular complexity index is 1420. The quantitative estimate of drug-likeness (QED) is 0.197. The van der Waals surface area contributed by atoms with E-state index in [1.54, 1.807) is 43.5 Å². The van der Waals surface area contributed by atoms with E-state index in [0.717, 1.165) is 5.56 Å². The van der Waals surface area contributed by atoms with Crippen LogP contribution in [0.4, 0.5) is 5.69 Å². The van der Waals surface area contributed by atoms with Gasteiger partial charge in [-0.3, -0.25) is 14.5 Å². The Balaban J connectivity index is 1.89. The lowest BCUT2D eigenvalue weighted by Gasteiger charge is -2.26. The highest BCUT2D eigenvalue weighted by molar-refractivity contribution is 6.51. The summed E-state index contributed by atoms with van der Waals surface area (Å²) in [6.07, 6.45) is 0. The van der Waals surface area contributed by atoms with Crippen LogP contribution in [0.2, 0.25) is 0 Å². The van der Waals surface area contributed by atoms with E-state index in [1.807, 2.05) is 32.9 Å². The molecule has 1 aliphatic heterocycles. The van der Waals surface area contributed by atoms with Gasteiger partial charge in [0, 0.05) is 11.3 Å². The number of carbonyl (C=O) groups is 2. The number of carbonyl (C=O) groups excluding carboxylic acids is 2. The minimum Gasteiger partial charge on any atom is -0.508 e. The molecule has 1 unspecified atom stereocenters. The van der Waals surface area contributed by atoms with Crippen LogP contribution in [0.5, 0.6) is 17.2 Å². The average molecular weight is 530 g/mol. The van der Waals surface area contributed by atoms with E-state index in [2.05, 4.69) is 13.8 Å².